The van der Waals surface area contributed by atoms with Crippen molar-refractivity contribution in [3.8, 4) is 0 Å². The molecule has 2 N–H and O–H groups in total. The Morgan fingerprint density at radius 2 is 2.14 bits per heavy atom. The highest BCUT2D eigenvalue weighted by Crippen LogP contribution is 2.19. The molecule has 0 aliphatic carbocycles. The molecule has 0 aromatic carbocycles. The molecule has 0 bridgehead atoms. The molecule has 120 valence electrons. The van der Waals surface area contributed by atoms with Gasteiger partial charge in [0.1, 0.15) is 11.6 Å². The molecule has 8 heteroatoms. The SMILES string of the molecule is CC(C)(C)OC(=O)NC(CN1CC(CCl)CC1=O)C(=O)O. The van der Waals surface area contributed by atoms with Gasteiger partial charge in [0.2, 0.25) is 5.91 Å². The Bertz CT molecular complexity index is 421. The number of alkyl halides is 1. The zero-order valence-electron chi connectivity index (χ0n) is 12.4. The molecule has 21 heavy (non-hydrogen) atoms. The van der Waals surface area contributed by atoms with E-state index in [2.05, 4.69) is 5.32 Å². The van der Waals surface area contributed by atoms with Crippen molar-refractivity contribution in [2.45, 2.75) is 38.8 Å². The summed E-state index contributed by atoms with van der Waals surface area (Å²) < 4.78 is 5.01. The number of carboxylic acid groups (broad SMARTS) is 1. The minimum atomic E-state index is -1.22. The molecular formula is C13H21ClN2O5. The number of likely N-dealkylation sites (tertiary alicyclic amines) is 1. The first-order valence-corrected chi connectivity index (χ1v) is 7.22. The van der Waals surface area contributed by atoms with Crippen LogP contribution in [-0.2, 0) is 14.3 Å². The average molecular weight is 321 g/mol. The first kappa shape index (κ1) is 17.6. The Morgan fingerprint density at radius 3 is 2.57 bits per heavy atom. The van der Waals surface area contributed by atoms with Crippen LogP contribution in [0.5, 0.6) is 0 Å². The smallest absolute Gasteiger partial charge is 0.408 e. The summed E-state index contributed by atoms with van der Waals surface area (Å²) >= 11 is 5.71. The number of hydrogen-bond acceptors (Lipinski definition) is 4. The number of ether oxygens (including phenoxy) is 1. The van der Waals surface area contributed by atoms with Crippen LogP contribution >= 0.6 is 11.6 Å². The van der Waals surface area contributed by atoms with Crippen molar-refractivity contribution in [2.24, 2.45) is 5.92 Å². The van der Waals surface area contributed by atoms with Gasteiger partial charge >= 0.3 is 12.1 Å². The van der Waals surface area contributed by atoms with E-state index in [0.29, 0.717) is 18.8 Å². The third-order valence-electron chi connectivity index (χ3n) is 2.90. The number of carbonyl (C=O) groups is 3. The van der Waals surface area contributed by atoms with Crippen molar-refractivity contribution < 1.29 is 24.2 Å². The predicted octanol–water partition coefficient (Wildman–Crippen LogP) is 1.05. The minimum Gasteiger partial charge on any atom is -0.480 e. The van der Waals surface area contributed by atoms with Crippen molar-refractivity contribution >= 4 is 29.6 Å². The molecule has 1 aliphatic heterocycles. The zero-order chi connectivity index (χ0) is 16.2. The van der Waals surface area contributed by atoms with Gasteiger partial charge in [0.25, 0.3) is 0 Å². The molecule has 2 unspecified atom stereocenters. The minimum absolute atomic E-state index is 0.0233. The van der Waals surface area contributed by atoms with E-state index < -0.39 is 23.7 Å². The van der Waals surface area contributed by atoms with Crippen molar-refractivity contribution in [1.29, 1.82) is 0 Å². The van der Waals surface area contributed by atoms with Gasteiger partial charge in [0.15, 0.2) is 0 Å². The van der Waals surface area contributed by atoms with Crippen LogP contribution in [0.3, 0.4) is 0 Å². The largest absolute Gasteiger partial charge is 0.480 e. The topological polar surface area (TPSA) is 95.9 Å². The third kappa shape index (κ3) is 5.79. The van der Waals surface area contributed by atoms with Gasteiger partial charge in [-0.15, -0.1) is 11.6 Å². The van der Waals surface area contributed by atoms with Crippen LogP contribution in [0.1, 0.15) is 27.2 Å². The molecule has 1 aliphatic rings. The van der Waals surface area contributed by atoms with Gasteiger partial charge in [-0.2, -0.15) is 0 Å². The fraction of sp³-hybridized carbons (Fsp3) is 0.769. The van der Waals surface area contributed by atoms with E-state index in [1.54, 1.807) is 20.8 Å². The number of nitrogens with one attached hydrogen (secondary N) is 1. The lowest BCUT2D eigenvalue weighted by Crippen LogP contribution is -2.50. The van der Waals surface area contributed by atoms with Gasteiger partial charge in [-0.1, -0.05) is 0 Å². The van der Waals surface area contributed by atoms with Crippen LogP contribution in [0, 0.1) is 5.92 Å². The zero-order valence-corrected chi connectivity index (χ0v) is 13.1. The molecule has 1 heterocycles. The molecule has 0 spiro atoms. The first-order chi connectivity index (χ1) is 9.62. The van der Waals surface area contributed by atoms with Crippen LogP contribution in [0.15, 0.2) is 0 Å². The highest BCUT2D eigenvalue weighted by atomic mass is 35.5. The van der Waals surface area contributed by atoms with E-state index in [9.17, 15) is 14.4 Å². The summed E-state index contributed by atoms with van der Waals surface area (Å²) in [5, 5.41) is 11.4. The van der Waals surface area contributed by atoms with E-state index in [0.717, 1.165) is 0 Å². The Balaban J connectivity index is 2.60. The van der Waals surface area contributed by atoms with Gasteiger partial charge in [-0.3, -0.25) is 4.79 Å². The first-order valence-electron chi connectivity index (χ1n) is 6.68. The summed E-state index contributed by atoms with van der Waals surface area (Å²) in [5.74, 6) is -1.00. The summed E-state index contributed by atoms with van der Waals surface area (Å²) in [6.45, 7) is 5.34. The Morgan fingerprint density at radius 1 is 1.52 bits per heavy atom. The van der Waals surface area contributed by atoms with Gasteiger partial charge in [0.05, 0.1) is 6.54 Å². The van der Waals surface area contributed by atoms with Crippen molar-refractivity contribution in [3.05, 3.63) is 0 Å². The molecular weight excluding hydrogens is 300 g/mol. The molecule has 0 radical (unpaired) electrons. The van der Waals surface area contributed by atoms with Crippen molar-refractivity contribution in [3.63, 3.8) is 0 Å². The molecule has 1 fully saturated rings. The molecule has 1 rings (SSSR count). The highest BCUT2D eigenvalue weighted by molar-refractivity contribution is 6.18. The summed E-state index contributed by atoms with van der Waals surface area (Å²) in [6, 6.07) is -1.21. The summed E-state index contributed by atoms with van der Waals surface area (Å²) in [5.41, 5.74) is -0.722. The molecule has 0 aromatic heterocycles. The summed E-state index contributed by atoms with van der Waals surface area (Å²) in [4.78, 5) is 36.0. The third-order valence-corrected chi connectivity index (χ3v) is 3.34. The Labute approximate surface area is 128 Å². The van der Waals surface area contributed by atoms with Gasteiger partial charge in [-0.05, 0) is 26.7 Å². The number of carboxylic acids is 1. The lowest BCUT2D eigenvalue weighted by molar-refractivity contribution is -0.140. The molecule has 0 saturated carbocycles. The fourth-order valence-electron chi connectivity index (χ4n) is 1.99. The van der Waals surface area contributed by atoms with E-state index in [1.165, 1.54) is 4.90 Å². The van der Waals surface area contributed by atoms with Gasteiger partial charge in [0, 0.05) is 18.8 Å². The number of halogens is 1. The number of alkyl carbamates (subject to hydrolysis) is 1. The van der Waals surface area contributed by atoms with E-state index in [-0.39, 0.29) is 18.4 Å². The second-order valence-electron chi connectivity index (χ2n) is 6.06. The second-order valence-corrected chi connectivity index (χ2v) is 6.37. The van der Waals surface area contributed by atoms with Crippen molar-refractivity contribution in [2.75, 3.05) is 19.0 Å². The monoisotopic (exact) mass is 320 g/mol. The summed E-state index contributed by atoms with van der Waals surface area (Å²) in [6.07, 6.45) is -0.516. The lowest BCUT2D eigenvalue weighted by Gasteiger charge is -2.24. The second kappa shape index (κ2) is 6.98. The van der Waals surface area contributed by atoms with Gasteiger partial charge < -0.3 is 20.1 Å². The molecule has 1 saturated heterocycles. The molecule has 7 nitrogen and oxygen atoms in total. The van der Waals surface area contributed by atoms with Crippen LogP contribution < -0.4 is 5.32 Å². The van der Waals surface area contributed by atoms with Gasteiger partial charge in [-0.25, -0.2) is 9.59 Å². The Kier molecular flexibility index (Phi) is 5.83. The molecule has 2 atom stereocenters. The van der Waals surface area contributed by atoms with Crippen LogP contribution in [0.25, 0.3) is 0 Å². The van der Waals surface area contributed by atoms with E-state index in [1.807, 2.05) is 0 Å². The van der Waals surface area contributed by atoms with E-state index in [4.69, 9.17) is 21.4 Å². The number of carbonyl (C=O) groups excluding carboxylic acids is 2. The highest BCUT2D eigenvalue weighted by Gasteiger charge is 2.33. The van der Waals surface area contributed by atoms with Crippen LogP contribution in [0.2, 0.25) is 0 Å². The van der Waals surface area contributed by atoms with E-state index >= 15 is 0 Å². The predicted molar refractivity (Wildman–Crippen MR) is 76.2 cm³/mol. The summed E-state index contributed by atoms with van der Waals surface area (Å²) in [7, 11) is 0. The standard InChI is InChI=1S/C13H21ClN2O5/c1-13(2,3)21-12(20)15-9(11(18)19)7-16-6-8(5-14)4-10(16)17/h8-9H,4-7H2,1-3H3,(H,15,20)(H,18,19). The number of nitrogens with zero attached hydrogens (tertiary/aromatic N) is 1. The quantitative estimate of drug-likeness (QED) is 0.738. The van der Waals surface area contributed by atoms with Crippen LogP contribution in [0.4, 0.5) is 4.79 Å². The number of rotatable bonds is 5. The Hall–Kier alpha value is -1.50. The van der Waals surface area contributed by atoms with Crippen LogP contribution in [-0.4, -0.2) is 58.6 Å². The maximum absolute atomic E-state index is 11.7. The number of aliphatic carboxylic acids is 1. The molecule has 2 amide bonds. The maximum Gasteiger partial charge on any atom is 0.408 e. The normalized spacial score (nSPS) is 20.3. The van der Waals surface area contributed by atoms with Crippen molar-refractivity contribution in [1.82, 2.24) is 10.2 Å². The fourth-order valence-corrected chi connectivity index (χ4v) is 2.20. The maximum atomic E-state index is 11.7. The average Bonchev–Trinajstić information content (AvgIpc) is 2.66. The number of hydrogen-bond donors (Lipinski definition) is 2. The lowest BCUT2D eigenvalue weighted by atomic mass is 10.1. The number of amides is 2. The molecule has 0 aromatic rings.